The zero-order valence-corrected chi connectivity index (χ0v) is 12.2. The van der Waals surface area contributed by atoms with Gasteiger partial charge < -0.3 is 10.2 Å². The minimum Gasteiger partial charge on any atom is -0.336 e. The summed E-state index contributed by atoms with van der Waals surface area (Å²) in [7, 11) is 0. The summed E-state index contributed by atoms with van der Waals surface area (Å²) in [5.74, 6) is -0.316. The average molecular weight is 287 g/mol. The fraction of sp³-hybridized carbons (Fsp3) is 0.375. The molecule has 21 heavy (non-hydrogen) atoms. The van der Waals surface area contributed by atoms with E-state index in [1.54, 1.807) is 13.0 Å². The van der Waals surface area contributed by atoms with Gasteiger partial charge in [0.25, 0.3) is 5.91 Å². The van der Waals surface area contributed by atoms with E-state index >= 15 is 0 Å². The van der Waals surface area contributed by atoms with Crippen LogP contribution in [0, 0.1) is 12.7 Å². The molecular weight excluding hydrogens is 269 g/mol. The lowest BCUT2D eigenvalue weighted by Crippen LogP contribution is -2.51. The Balaban J connectivity index is 1.97. The fourth-order valence-electron chi connectivity index (χ4n) is 2.74. The Bertz CT molecular complexity index is 701. The van der Waals surface area contributed by atoms with Crippen molar-refractivity contribution in [2.24, 2.45) is 0 Å². The van der Waals surface area contributed by atoms with Crippen molar-refractivity contribution in [2.45, 2.75) is 19.9 Å². The van der Waals surface area contributed by atoms with E-state index in [1.165, 1.54) is 12.1 Å². The maximum absolute atomic E-state index is 13.2. The summed E-state index contributed by atoms with van der Waals surface area (Å²) >= 11 is 0. The minimum absolute atomic E-state index is 0.000394. The molecule has 0 spiro atoms. The van der Waals surface area contributed by atoms with Gasteiger partial charge in [0.15, 0.2) is 0 Å². The van der Waals surface area contributed by atoms with Crippen LogP contribution in [0.25, 0.3) is 10.9 Å². The normalized spacial score (nSPS) is 19.0. The summed E-state index contributed by atoms with van der Waals surface area (Å²) in [6, 6.07) is 6.55. The molecule has 1 atom stereocenters. The molecule has 110 valence electrons. The molecule has 1 amide bonds. The Morgan fingerprint density at radius 2 is 2.24 bits per heavy atom. The number of benzene rings is 1. The molecule has 1 aliphatic rings. The van der Waals surface area contributed by atoms with Crippen LogP contribution in [0.1, 0.15) is 23.0 Å². The number of pyridine rings is 1. The summed E-state index contributed by atoms with van der Waals surface area (Å²) in [6.07, 6.45) is 0. The van der Waals surface area contributed by atoms with Crippen LogP contribution >= 0.6 is 0 Å². The van der Waals surface area contributed by atoms with E-state index in [0.717, 1.165) is 11.9 Å². The Labute approximate surface area is 123 Å². The van der Waals surface area contributed by atoms with E-state index < -0.39 is 0 Å². The number of hydrogen-bond donors (Lipinski definition) is 1. The van der Waals surface area contributed by atoms with Crippen LogP contribution in [-0.4, -0.2) is 41.5 Å². The van der Waals surface area contributed by atoms with Gasteiger partial charge >= 0.3 is 0 Å². The molecule has 1 saturated heterocycles. The van der Waals surface area contributed by atoms with E-state index in [0.29, 0.717) is 35.9 Å². The molecule has 0 saturated carbocycles. The number of carbonyl (C=O) groups excluding carboxylic acids is 1. The van der Waals surface area contributed by atoms with Crippen LogP contribution < -0.4 is 5.32 Å². The highest BCUT2D eigenvalue weighted by Gasteiger charge is 2.23. The quantitative estimate of drug-likeness (QED) is 0.874. The van der Waals surface area contributed by atoms with Crippen molar-refractivity contribution in [3.8, 4) is 0 Å². The molecule has 1 fully saturated rings. The number of aromatic nitrogens is 1. The van der Waals surface area contributed by atoms with E-state index in [4.69, 9.17) is 0 Å². The molecule has 1 aromatic heterocycles. The highest BCUT2D eigenvalue weighted by atomic mass is 19.1. The molecule has 2 aromatic rings. The number of hydrogen-bond acceptors (Lipinski definition) is 3. The molecule has 2 heterocycles. The first-order valence-corrected chi connectivity index (χ1v) is 7.14. The molecular formula is C16H18FN3O. The molecule has 5 heteroatoms. The van der Waals surface area contributed by atoms with Gasteiger partial charge in [0.05, 0.1) is 16.8 Å². The van der Waals surface area contributed by atoms with E-state index in [9.17, 15) is 9.18 Å². The first-order chi connectivity index (χ1) is 10.0. The SMILES string of the molecule is Cc1nc2cc(F)ccc2cc1C(=O)N1CCN[C@@H](C)C1. The summed E-state index contributed by atoms with van der Waals surface area (Å²) in [4.78, 5) is 18.9. The van der Waals surface area contributed by atoms with E-state index in [2.05, 4.69) is 17.2 Å². The van der Waals surface area contributed by atoms with Crippen molar-refractivity contribution in [1.29, 1.82) is 0 Å². The first-order valence-electron chi connectivity index (χ1n) is 7.14. The number of rotatable bonds is 1. The first kappa shape index (κ1) is 13.9. The number of nitrogens with zero attached hydrogens (tertiary/aromatic N) is 2. The summed E-state index contributed by atoms with van der Waals surface area (Å²) in [6.45, 7) is 6.05. The number of amides is 1. The maximum atomic E-state index is 13.2. The van der Waals surface area contributed by atoms with Crippen LogP contribution in [0.3, 0.4) is 0 Å². The largest absolute Gasteiger partial charge is 0.336 e. The van der Waals surface area contributed by atoms with Gasteiger partial charge in [-0.1, -0.05) is 0 Å². The lowest BCUT2D eigenvalue weighted by atomic mass is 10.1. The molecule has 0 bridgehead atoms. The second-order valence-electron chi connectivity index (χ2n) is 5.56. The van der Waals surface area contributed by atoms with Crippen molar-refractivity contribution in [3.05, 3.63) is 41.3 Å². The average Bonchev–Trinajstić information content (AvgIpc) is 2.45. The third-order valence-corrected chi connectivity index (χ3v) is 3.86. The lowest BCUT2D eigenvalue weighted by molar-refractivity contribution is 0.0708. The van der Waals surface area contributed by atoms with Gasteiger partial charge in [0, 0.05) is 37.1 Å². The summed E-state index contributed by atoms with van der Waals surface area (Å²) < 4.78 is 13.2. The second kappa shape index (κ2) is 5.41. The van der Waals surface area contributed by atoms with Gasteiger partial charge in [0.2, 0.25) is 0 Å². The maximum Gasteiger partial charge on any atom is 0.255 e. The molecule has 4 nitrogen and oxygen atoms in total. The monoisotopic (exact) mass is 287 g/mol. The number of nitrogens with one attached hydrogen (secondary N) is 1. The molecule has 1 aromatic carbocycles. The Morgan fingerprint density at radius 1 is 1.43 bits per heavy atom. The van der Waals surface area contributed by atoms with Gasteiger partial charge in [-0.2, -0.15) is 0 Å². The highest BCUT2D eigenvalue weighted by molar-refractivity contribution is 5.98. The predicted octanol–water partition coefficient (Wildman–Crippen LogP) is 2.12. The predicted molar refractivity (Wildman–Crippen MR) is 79.8 cm³/mol. The van der Waals surface area contributed by atoms with Gasteiger partial charge in [-0.15, -0.1) is 0 Å². The lowest BCUT2D eigenvalue weighted by Gasteiger charge is -2.32. The number of carbonyl (C=O) groups is 1. The van der Waals surface area contributed by atoms with Gasteiger partial charge in [-0.3, -0.25) is 9.78 Å². The number of fused-ring (bicyclic) bond motifs is 1. The molecule has 0 aliphatic carbocycles. The standard InChI is InChI=1S/C16H18FN3O/c1-10-9-20(6-5-18-10)16(21)14-7-12-3-4-13(17)8-15(12)19-11(14)2/h3-4,7-8,10,18H,5-6,9H2,1-2H3/t10-/m0/s1. The zero-order valence-electron chi connectivity index (χ0n) is 12.2. The third kappa shape index (κ3) is 2.74. The van der Waals surface area contributed by atoms with Crippen LogP contribution in [0.2, 0.25) is 0 Å². The minimum atomic E-state index is -0.315. The van der Waals surface area contributed by atoms with Crippen molar-refractivity contribution in [1.82, 2.24) is 15.2 Å². The van der Waals surface area contributed by atoms with Crippen LogP contribution in [-0.2, 0) is 0 Å². The van der Waals surface area contributed by atoms with Crippen LogP contribution in [0.5, 0.6) is 0 Å². The Hall–Kier alpha value is -2.01. The molecule has 3 rings (SSSR count). The zero-order chi connectivity index (χ0) is 15.0. The Morgan fingerprint density at radius 3 is 3.00 bits per heavy atom. The smallest absolute Gasteiger partial charge is 0.255 e. The molecule has 0 unspecified atom stereocenters. The van der Waals surface area contributed by atoms with Gasteiger partial charge in [-0.25, -0.2) is 4.39 Å². The molecule has 1 aliphatic heterocycles. The van der Waals surface area contributed by atoms with Crippen molar-refractivity contribution < 1.29 is 9.18 Å². The van der Waals surface area contributed by atoms with Crippen molar-refractivity contribution in [3.63, 3.8) is 0 Å². The summed E-state index contributed by atoms with van der Waals surface area (Å²) in [5, 5.41) is 4.10. The highest BCUT2D eigenvalue weighted by Crippen LogP contribution is 2.19. The molecule has 0 radical (unpaired) electrons. The second-order valence-corrected chi connectivity index (χ2v) is 5.56. The number of halogens is 1. The van der Waals surface area contributed by atoms with Gasteiger partial charge in [-0.05, 0) is 32.0 Å². The number of piperazine rings is 1. The topological polar surface area (TPSA) is 45.2 Å². The third-order valence-electron chi connectivity index (χ3n) is 3.86. The summed E-state index contributed by atoms with van der Waals surface area (Å²) in [5.41, 5.74) is 1.82. The van der Waals surface area contributed by atoms with Crippen LogP contribution in [0.15, 0.2) is 24.3 Å². The van der Waals surface area contributed by atoms with Crippen LogP contribution in [0.4, 0.5) is 4.39 Å². The van der Waals surface area contributed by atoms with E-state index in [-0.39, 0.29) is 11.7 Å². The van der Waals surface area contributed by atoms with Crippen molar-refractivity contribution >= 4 is 16.8 Å². The van der Waals surface area contributed by atoms with E-state index in [1.807, 2.05) is 11.0 Å². The molecule has 1 N–H and O–H groups in total. The Kier molecular flexibility index (Phi) is 3.59. The number of aryl methyl sites for hydroxylation is 1. The van der Waals surface area contributed by atoms with Crippen molar-refractivity contribution in [2.75, 3.05) is 19.6 Å². The van der Waals surface area contributed by atoms with Gasteiger partial charge in [0.1, 0.15) is 5.82 Å². The fourth-order valence-corrected chi connectivity index (χ4v) is 2.74.